The maximum atomic E-state index is 7.47. The molecule has 6 nitrogen and oxygen atoms in total. The summed E-state index contributed by atoms with van der Waals surface area (Å²) < 4.78 is 5.56. The number of aromatic nitrogens is 2. The number of nitrogens with zero attached hydrogens (tertiary/aromatic N) is 3. The number of hydrogen-bond donors (Lipinski definition) is 2. The Morgan fingerprint density at radius 3 is 2.67 bits per heavy atom. The number of unbranched alkanes of at least 4 members (excludes halogenated alkanes) is 1. The number of nitrogen functional groups attached to an aromatic ring is 1. The molecule has 1 heterocycles. The fraction of sp³-hybridized carbons (Fsp3) is 0.476. The lowest BCUT2D eigenvalue weighted by Gasteiger charge is -2.18. The van der Waals surface area contributed by atoms with Crippen molar-refractivity contribution in [1.29, 1.82) is 0 Å². The summed E-state index contributed by atoms with van der Waals surface area (Å²) in [5, 5.41) is 3.39. The highest BCUT2D eigenvalue weighted by atomic mass is 16.5. The van der Waals surface area contributed by atoms with Crippen LogP contribution in [0.4, 0.5) is 11.8 Å². The minimum absolute atomic E-state index is 0.269. The zero-order valence-corrected chi connectivity index (χ0v) is 16.9. The van der Waals surface area contributed by atoms with Gasteiger partial charge >= 0.3 is 0 Å². The molecule has 0 aliphatic heterocycles. The van der Waals surface area contributed by atoms with E-state index in [0.717, 1.165) is 53.3 Å². The van der Waals surface area contributed by atoms with Gasteiger partial charge in [0.25, 0.3) is 5.54 Å². The molecule has 2 aromatic rings. The summed E-state index contributed by atoms with van der Waals surface area (Å²) in [6.45, 7) is 16.2. The third-order valence-corrected chi connectivity index (χ3v) is 4.69. The van der Waals surface area contributed by atoms with Crippen LogP contribution >= 0.6 is 0 Å². The monoisotopic (exact) mass is 367 g/mol. The lowest BCUT2D eigenvalue weighted by atomic mass is 9.91. The Morgan fingerprint density at radius 1 is 1.30 bits per heavy atom. The van der Waals surface area contributed by atoms with Gasteiger partial charge in [-0.25, -0.2) is 11.6 Å². The Balaban J connectivity index is 2.46. The first-order chi connectivity index (χ1) is 12.8. The molecule has 0 amide bonds. The molecule has 0 atom stereocenters. The molecule has 0 radical (unpaired) electrons. The first-order valence-corrected chi connectivity index (χ1v) is 9.25. The van der Waals surface area contributed by atoms with Crippen LogP contribution in [0.15, 0.2) is 18.2 Å². The summed E-state index contributed by atoms with van der Waals surface area (Å²) in [6, 6.07) is 5.92. The van der Waals surface area contributed by atoms with Crippen LogP contribution in [0.2, 0.25) is 0 Å². The predicted octanol–water partition coefficient (Wildman–Crippen LogP) is 4.33. The van der Waals surface area contributed by atoms with Gasteiger partial charge < -0.3 is 20.6 Å². The highest BCUT2D eigenvalue weighted by molar-refractivity contribution is 5.53. The van der Waals surface area contributed by atoms with Crippen LogP contribution in [0.5, 0.6) is 5.75 Å². The van der Waals surface area contributed by atoms with Gasteiger partial charge in [-0.05, 0) is 37.1 Å². The summed E-state index contributed by atoms with van der Waals surface area (Å²) in [4.78, 5) is 12.5. The maximum absolute atomic E-state index is 7.47. The molecule has 3 N–H and O–H groups in total. The molecule has 0 aliphatic carbocycles. The van der Waals surface area contributed by atoms with Crippen molar-refractivity contribution in [3.63, 3.8) is 0 Å². The van der Waals surface area contributed by atoms with Crippen molar-refractivity contribution in [3.05, 3.63) is 52.0 Å². The van der Waals surface area contributed by atoms with Crippen LogP contribution in [-0.2, 0) is 12.0 Å². The number of nitrogens with two attached hydrogens (primary N) is 1. The number of aryl methyl sites for hydroxylation is 1. The van der Waals surface area contributed by atoms with E-state index < -0.39 is 5.54 Å². The molecule has 0 bridgehead atoms. The van der Waals surface area contributed by atoms with Gasteiger partial charge in [0, 0.05) is 43.6 Å². The average molecular weight is 367 g/mol. The fourth-order valence-corrected chi connectivity index (χ4v) is 2.91. The second kappa shape index (κ2) is 8.72. The Kier molecular flexibility index (Phi) is 6.62. The SMILES string of the molecule is [C-]#[N+]C(C)(C)c1ccc(OC)c(Cc2c(C)nc(N)nc2NCCCC)c1. The molecule has 144 valence electrons. The maximum Gasteiger partial charge on any atom is 0.252 e. The minimum atomic E-state index is -0.587. The quantitative estimate of drug-likeness (QED) is 0.536. The van der Waals surface area contributed by atoms with E-state index in [4.69, 9.17) is 17.0 Å². The topological polar surface area (TPSA) is 77.4 Å². The van der Waals surface area contributed by atoms with Gasteiger partial charge in [-0.3, -0.25) is 0 Å². The summed E-state index contributed by atoms with van der Waals surface area (Å²) in [6.07, 6.45) is 2.76. The molecule has 1 aromatic carbocycles. The van der Waals surface area contributed by atoms with Gasteiger partial charge in [-0.15, -0.1) is 0 Å². The van der Waals surface area contributed by atoms with Crippen LogP contribution in [-0.4, -0.2) is 23.6 Å². The van der Waals surface area contributed by atoms with E-state index in [1.54, 1.807) is 7.11 Å². The van der Waals surface area contributed by atoms with E-state index in [9.17, 15) is 0 Å². The highest BCUT2D eigenvalue weighted by Gasteiger charge is 2.27. The predicted molar refractivity (Wildman–Crippen MR) is 110 cm³/mol. The second-order valence-electron chi connectivity index (χ2n) is 7.15. The molecule has 0 spiro atoms. The van der Waals surface area contributed by atoms with Crippen LogP contribution in [0, 0.1) is 13.5 Å². The van der Waals surface area contributed by atoms with E-state index in [-0.39, 0.29) is 5.95 Å². The van der Waals surface area contributed by atoms with Crippen LogP contribution in [0.1, 0.15) is 56.0 Å². The Bertz CT molecular complexity index is 839. The summed E-state index contributed by atoms with van der Waals surface area (Å²) in [5.74, 6) is 1.82. The first kappa shape index (κ1) is 20.5. The number of nitrogens with one attached hydrogen (secondary N) is 1. The molecule has 6 heteroatoms. The molecule has 27 heavy (non-hydrogen) atoms. The largest absolute Gasteiger partial charge is 0.496 e. The van der Waals surface area contributed by atoms with Crippen molar-refractivity contribution in [2.75, 3.05) is 24.7 Å². The summed E-state index contributed by atoms with van der Waals surface area (Å²) >= 11 is 0. The molecule has 0 unspecified atom stereocenters. The van der Waals surface area contributed by atoms with Gasteiger partial charge in [0.2, 0.25) is 5.95 Å². The summed E-state index contributed by atoms with van der Waals surface area (Å²) in [7, 11) is 1.66. The van der Waals surface area contributed by atoms with Crippen molar-refractivity contribution < 1.29 is 4.74 Å². The van der Waals surface area contributed by atoms with Gasteiger partial charge in [0.15, 0.2) is 0 Å². The molecule has 0 saturated heterocycles. The zero-order chi connectivity index (χ0) is 20.0. The van der Waals surface area contributed by atoms with Crippen molar-refractivity contribution in [1.82, 2.24) is 9.97 Å². The smallest absolute Gasteiger partial charge is 0.252 e. The first-order valence-electron chi connectivity index (χ1n) is 9.25. The van der Waals surface area contributed by atoms with Crippen molar-refractivity contribution >= 4 is 11.8 Å². The van der Waals surface area contributed by atoms with Crippen molar-refractivity contribution in [2.24, 2.45) is 0 Å². The Hall–Kier alpha value is -2.81. The zero-order valence-electron chi connectivity index (χ0n) is 16.9. The minimum Gasteiger partial charge on any atom is -0.496 e. The molecular weight excluding hydrogens is 338 g/mol. The van der Waals surface area contributed by atoms with Crippen LogP contribution in [0.25, 0.3) is 4.85 Å². The molecule has 0 aliphatic rings. The van der Waals surface area contributed by atoms with Crippen LogP contribution in [0.3, 0.4) is 0 Å². The lowest BCUT2D eigenvalue weighted by Crippen LogP contribution is -2.13. The normalized spacial score (nSPS) is 11.1. The van der Waals surface area contributed by atoms with Crippen molar-refractivity contribution in [3.8, 4) is 5.75 Å². The fourth-order valence-electron chi connectivity index (χ4n) is 2.91. The lowest BCUT2D eigenvalue weighted by molar-refractivity contribution is 0.410. The van der Waals surface area contributed by atoms with E-state index in [1.807, 2.05) is 39.0 Å². The molecule has 1 aromatic heterocycles. The number of methoxy groups -OCH3 is 1. The molecule has 0 fully saturated rings. The van der Waals surface area contributed by atoms with E-state index in [1.165, 1.54) is 0 Å². The Labute approximate surface area is 162 Å². The standard InChI is InChI=1S/C21H29N5O/c1-7-8-11-24-19-17(14(2)25-20(22)26-19)13-15-12-16(21(3,4)23-5)9-10-18(15)27-6/h9-10,12H,7-8,11,13H2,1-4,6H3,(H3,22,24,25,26). The number of hydrogen-bond acceptors (Lipinski definition) is 5. The Morgan fingerprint density at radius 2 is 2.04 bits per heavy atom. The molecule has 0 saturated carbocycles. The van der Waals surface area contributed by atoms with Gasteiger partial charge in [0.05, 0.1) is 7.11 Å². The van der Waals surface area contributed by atoms with Gasteiger partial charge in [-0.1, -0.05) is 13.3 Å². The van der Waals surface area contributed by atoms with E-state index in [0.29, 0.717) is 6.42 Å². The third kappa shape index (κ3) is 4.88. The number of anilines is 2. The third-order valence-electron chi connectivity index (χ3n) is 4.69. The second-order valence-corrected chi connectivity index (χ2v) is 7.15. The highest BCUT2D eigenvalue weighted by Crippen LogP contribution is 2.32. The summed E-state index contributed by atoms with van der Waals surface area (Å²) in [5.41, 5.74) is 9.08. The van der Waals surface area contributed by atoms with E-state index >= 15 is 0 Å². The number of rotatable bonds is 8. The van der Waals surface area contributed by atoms with E-state index in [2.05, 4.69) is 27.1 Å². The molecular formula is C21H29N5O. The van der Waals surface area contributed by atoms with Gasteiger partial charge in [-0.2, -0.15) is 4.98 Å². The number of benzene rings is 1. The molecule has 2 rings (SSSR count). The van der Waals surface area contributed by atoms with Gasteiger partial charge in [0.1, 0.15) is 11.6 Å². The van der Waals surface area contributed by atoms with Crippen LogP contribution < -0.4 is 15.8 Å². The average Bonchev–Trinajstić information content (AvgIpc) is 2.64. The van der Waals surface area contributed by atoms with Crippen molar-refractivity contribution in [2.45, 2.75) is 52.5 Å². The number of ether oxygens (including phenoxy) is 1.